The molecule has 0 bridgehead atoms. The number of carbonyl (C=O) groups excluding carboxylic acids is 2. The lowest BCUT2D eigenvalue weighted by Crippen LogP contribution is -2.53. The van der Waals surface area contributed by atoms with Gasteiger partial charge in [0.05, 0.1) is 10.6 Å². The topological polar surface area (TPSA) is 86.8 Å². The van der Waals surface area contributed by atoms with Gasteiger partial charge in [-0.1, -0.05) is 103 Å². The van der Waals surface area contributed by atoms with Crippen LogP contribution in [-0.2, 0) is 32.6 Å². The first-order valence-electron chi connectivity index (χ1n) is 15.1. The predicted octanol–water partition coefficient (Wildman–Crippen LogP) is 6.71. The molecular weight excluding hydrogens is 606 g/mol. The van der Waals surface area contributed by atoms with E-state index in [1.54, 1.807) is 24.3 Å². The van der Waals surface area contributed by atoms with E-state index in [0.29, 0.717) is 17.3 Å². The van der Waals surface area contributed by atoms with Crippen molar-refractivity contribution in [3.05, 3.63) is 130 Å². The number of anilines is 1. The summed E-state index contributed by atoms with van der Waals surface area (Å²) in [6.07, 6.45) is 1.98. The fourth-order valence-corrected chi connectivity index (χ4v) is 6.46. The molecule has 0 aliphatic rings. The normalized spacial score (nSPS) is 11.9. The number of rotatable bonds is 14. The summed E-state index contributed by atoms with van der Waals surface area (Å²) in [4.78, 5) is 29.8. The van der Waals surface area contributed by atoms with Crippen molar-refractivity contribution in [2.45, 2.75) is 57.5 Å². The van der Waals surface area contributed by atoms with Gasteiger partial charge in [-0.25, -0.2) is 8.42 Å². The molecule has 236 valence electrons. The Hall–Kier alpha value is -4.14. The highest BCUT2D eigenvalue weighted by Crippen LogP contribution is 2.26. The average molecular weight is 646 g/mol. The molecule has 0 saturated carbocycles. The van der Waals surface area contributed by atoms with E-state index in [0.717, 1.165) is 39.4 Å². The van der Waals surface area contributed by atoms with Crippen LogP contribution in [-0.4, -0.2) is 44.3 Å². The molecule has 4 aromatic rings. The minimum absolute atomic E-state index is 0.00324. The number of halogens is 1. The SMILES string of the molecule is CCCCNC(=O)C(Cc1ccccc1)N(Cc1ccc(C)cc1)C(=O)CN(c1ccc(C)cc1)S(=O)(=O)c1ccc(Cl)cc1. The molecule has 0 aliphatic carbocycles. The maximum absolute atomic E-state index is 14.5. The number of hydrogen-bond acceptors (Lipinski definition) is 4. The fraction of sp³-hybridized carbons (Fsp3) is 0.278. The van der Waals surface area contributed by atoms with Crippen LogP contribution in [0.2, 0.25) is 5.02 Å². The second-order valence-corrected chi connectivity index (χ2v) is 13.5. The first-order valence-corrected chi connectivity index (χ1v) is 16.9. The number of nitrogens with zero attached hydrogens (tertiary/aromatic N) is 2. The monoisotopic (exact) mass is 645 g/mol. The van der Waals surface area contributed by atoms with Crippen LogP contribution in [0.3, 0.4) is 0 Å². The van der Waals surface area contributed by atoms with E-state index in [2.05, 4.69) is 5.32 Å². The van der Waals surface area contributed by atoms with Crippen molar-refractivity contribution < 1.29 is 18.0 Å². The number of aryl methyl sites for hydroxylation is 2. The first-order chi connectivity index (χ1) is 21.6. The Balaban J connectivity index is 1.78. The summed E-state index contributed by atoms with van der Waals surface area (Å²) in [7, 11) is -4.19. The highest BCUT2D eigenvalue weighted by atomic mass is 35.5. The van der Waals surface area contributed by atoms with Crippen molar-refractivity contribution in [1.29, 1.82) is 0 Å². The fourth-order valence-electron chi connectivity index (χ4n) is 4.92. The molecule has 1 unspecified atom stereocenters. The molecule has 0 radical (unpaired) electrons. The van der Waals surface area contributed by atoms with Gasteiger partial charge in [0.2, 0.25) is 11.8 Å². The molecule has 45 heavy (non-hydrogen) atoms. The summed E-state index contributed by atoms with van der Waals surface area (Å²) in [5.74, 6) is -0.782. The van der Waals surface area contributed by atoms with Crippen LogP contribution in [0.5, 0.6) is 0 Å². The van der Waals surface area contributed by atoms with Crippen molar-refractivity contribution in [3.8, 4) is 0 Å². The van der Waals surface area contributed by atoms with Crippen LogP contribution in [0, 0.1) is 13.8 Å². The van der Waals surface area contributed by atoms with Gasteiger partial charge in [-0.05, 0) is 67.8 Å². The molecule has 7 nitrogen and oxygen atoms in total. The zero-order valence-corrected chi connectivity index (χ0v) is 27.5. The molecular formula is C36H40ClN3O4S. The van der Waals surface area contributed by atoms with E-state index < -0.39 is 28.5 Å². The van der Waals surface area contributed by atoms with Gasteiger partial charge in [0.1, 0.15) is 12.6 Å². The van der Waals surface area contributed by atoms with E-state index in [4.69, 9.17) is 11.6 Å². The third-order valence-corrected chi connectivity index (χ3v) is 9.62. The standard InChI is InChI=1S/C36H40ClN3O4S/c1-4-5-23-38-36(42)34(24-29-9-7-6-8-10-29)39(25-30-15-11-27(2)12-16-30)35(41)26-40(32-19-13-28(3)14-20-32)45(43,44)33-21-17-31(37)18-22-33/h6-22,34H,4-5,23-26H2,1-3H3,(H,38,42). The number of hydrogen-bond donors (Lipinski definition) is 1. The molecule has 0 aromatic heterocycles. The van der Waals surface area contributed by atoms with Gasteiger partial charge >= 0.3 is 0 Å². The zero-order chi connectivity index (χ0) is 32.4. The van der Waals surface area contributed by atoms with Crippen LogP contribution in [0.4, 0.5) is 5.69 Å². The van der Waals surface area contributed by atoms with Gasteiger partial charge in [0.15, 0.2) is 0 Å². The van der Waals surface area contributed by atoms with Crippen LogP contribution in [0.1, 0.15) is 42.0 Å². The molecule has 0 fully saturated rings. The molecule has 1 N–H and O–H groups in total. The maximum atomic E-state index is 14.5. The largest absolute Gasteiger partial charge is 0.354 e. The second kappa shape index (κ2) is 15.7. The summed E-state index contributed by atoms with van der Waals surface area (Å²) in [6, 6.07) is 29.2. The Morgan fingerprint density at radius 3 is 2.00 bits per heavy atom. The minimum Gasteiger partial charge on any atom is -0.354 e. The smallest absolute Gasteiger partial charge is 0.264 e. The third-order valence-electron chi connectivity index (χ3n) is 7.58. The van der Waals surface area contributed by atoms with Gasteiger partial charge in [0.25, 0.3) is 10.0 Å². The number of sulfonamides is 1. The van der Waals surface area contributed by atoms with Crippen molar-refractivity contribution in [1.82, 2.24) is 10.2 Å². The van der Waals surface area contributed by atoms with Crippen molar-refractivity contribution in [3.63, 3.8) is 0 Å². The van der Waals surface area contributed by atoms with Crippen molar-refractivity contribution >= 4 is 39.1 Å². The van der Waals surface area contributed by atoms with Crippen molar-refractivity contribution in [2.75, 3.05) is 17.4 Å². The highest BCUT2D eigenvalue weighted by Gasteiger charge is 2.34. The molecule has 4 aromatic carbocycles. The summed E-state index contributed by atoms with van der Waals surface area (Å²) >= 11 is 6.06. The summed E-state index contributed by atoms with van der Waals surface area (Å²) < 4.78 is 29.3. The van der Waals surface area contributed by atoms with Gasteiger partial charge in [0, 0.05) is 24.5 Å². The first kappa shape index (κ1) is 33.7. The predicted molar refractivity (Wildman–Crippen MR) is 181 cm³/mol. The van der Waals surface area contributed by atoms with Crippen molar-refractivity contribution in [2.24, 2.45) is 0 Å². The van der Waals surface area contributed by atoms with Crippen LogP contribution < -0.4 is 9.62 Å². The summed E-state index contributed by atoms with van der Waals surface area (Å²) in [5.41, 5.74) is 4.07. The molecule has 0 saturated heterocycles. The number of amides is 2. The quantitative estimate of drug-likeness (QED) is 0.155. The lowest BCUT2D eigenvalue weighted by molar-refractivity contribution is -0.140. The Labute approximate surface area is 271 Å². The molecule has 0 spiro atoms. The third kappa shape index (κ3) is 9.19. The molecule has 0 aliphatic heterocycles. The van der Waals surface area contributed by atoms with E-state index in [9.17, 15) is 18.0 Å². The van der Waals surface area contributed by atoms with Gasteiger partial charge in [-0.2, -0.15) is 0 Å². The van der Waals surface area contributed by atoms with Crippen LogP contribution in [0.25, 0.3) is 0 Å². The Kier molecular flexibility index (Phi) is 11.8. The molecule has 4 rings (SSSR count). The highest BCUT2D eigenvalue weighted by molar-refractivity contribution is 7.92. The van der Waals surface area contributed by atoms with E-state index in [1.165, 1.54) is 29.2 Å². The zero-order valence-electron chi connectivity index (χ0n) is 25.9. The van der Waals surface area contributed by atoms with Gasteiger partial charge < -0.3 is 10.2 Å². The minimum atomic E-state index is -4.19. The Bertz CT molecular complexity index is 1660. The lowest BCUT2D eigenvalue weighted by atomic mass is 10.0. The van der Waals surface area contributed by atoms with Crippen LogP contribution >= 0.6 is 11.6 Å². The van der Waals surface area contributed by atoms with Gasteiger partial charge in [-0.15, -0.1) is 0 Å². The Morgan fingerprint density at radius 1 is 0.800 bits per heavy atom. The summed E-state index contributed by atoms with van der Waals surface area (Å²) in [5, 5.41) is 3.41. The molecule has 2 amide bonds. The Morgan fingerprint density at radius 2 is 1.40 bits per heavy atom. The molecule has 1 atom stereocenters. The van der Waals surface area contributed by atoms with Crippen LogP contribution in [0.15, 0.2) is 108 Å². The molecule has 9 heteroatoms. The second-order valence-electron chi connectivity index (χ2n) is 11.2. The number of benzene rings is 4. The lowest BCUT2D eigenvalue weighted by Gasteiger charge is -2.34. The van der Waals surface area contributed by atoms with E-state index >= 15 is 0 Å². The van der Waals surface area contributed by atoms with Gasteiger partial charge in [-0.3, -0.25) is 13.9 Å². The average Bonchev–Trinajstić information content (AvgIpc) is 3.03. The number of carbonyl (C=O) groups is 2. The maximum Gasteiger partial charge on any atom is 0.264 e. The molecule has 0 heterocycles. The number of unbranched alkanes of at least 4 members (excludes halogenated alkanes) is 1. The van der Waals surface area contributed by atoms with E-state index in [1.807, 2.05) is 75.4 Å². The summed E-state index contributed by atoms with van der Waals surface area (Å²) in [6.45, 7) is 6.03. The number of nitrogens with one attached hydrogen (secondary N) is 1. The van der Waals surface area contributed by atoms with E-state index in [-0.39, 0.29) is 23.8 Å².